The first-order chi connectivity index (χ1) is 41.0. The molecule has 3 saturated carbocycles. The third-order valence-electron chi connectivity index (χ3n) is 15.5. The molecule has 3 heterocycles. The molecule has 3 saturated heterocycles. The number of rotatable bonds is 28. The standard InChI is InChI=1S/C65H72O20/c1-38(2)58(66)76-27-7-5-25-74-46-16-12-42(13-17-46)60(68)84-54-23-20-48(34-52(54)64(72)78-36-40-9-22-56-57(31-40)83-56)81-62(70)44-10-11-45(32-44)63(71)82-49-21-24-55(53(35-49)65(73)79-37-41-29-50-33-51(30-41)80-50)85-61(69)43-14-18-47(19-15-43)75-26-6-8-28-77-59(67)39(3)4/h12-21,23-24,34-35,38,40-41,44-45,50-51,56-57H,3,5-11,22,25-33,36-37H2,1-2,4H3. The molecule has 4 aromatic carbocycles. The molecule has 10 rings (SSSR count). The average Bonchev–Trinajstić information content (AvgIpc) is 4.19. The third-order valence-corrected chi connectivity index (χ3v) is 15.5. The van der Waals surface area contributed by atoms with Gasteiger partial charge >= 0.3 is 47.8 Å². The number of esters is 8. The summed E-state index contributed by atoms with van der Waals surface area (Å²) in [5.41, 5.74) is 0.382. The van der Waals surface area contributed by atoms with Crippen molar-refractivity contribution in [1.82, 2.24) is 0 Å². The van der Waals surface area contributed by atoms with E-state index < -0.39 is 53.6 Å². The number of fused-ring (bicyclic) bond motifs is 3. The maximum absolute atomic E-state index is 13.8. The Balaban J connectivity index is 0.798. The Kier molecular flexibility index (Phi) is 21.1. The summed E-state index contributed by atoms with van der Waals surface area (Å²) in [5, 5.41) is 0. The zero-order valence-electron chi connectivity index (χ0n) is 48.1. The Morgan fingerprint density at radius 3 is 1.44 bits per heavy atom. The quantitative estimate of drug-likeness (QED) is 0.0128. The molecule has 0 radical (unpaired) electrons. The van der Waals surface area contributed by atoms with Crippen molar-refractivity contribution in [3.63, 3.8) is 0 Å². The Morgan fingerprint density at radius 2 is 0.953 bits per heavy atom. The number of carbonyl (C=O) groups is 8. The van der Waals surface area contributed by atoms with Gasteiger partial charge in [0, 0.05) is 5.57 Å². The minimum absolute atomic E-state index is 0.0156. The molecule has 6 fully saturated rings. The molecule has 85 heavy (non-hydrogen) atoms. The first-order valence-electron chi connectivity index (χ1n) is 29.3. The summed E-state index contributed by atoms with van der Waals surface area (Å²) in [6, 6.07) is 20.6. The molecule has 0 spiro atoms. The normalized spacial score (nSPS) is 21.6. The fourth-order valence-corrected chi connectivity index (χ4v) is 10.6. The SMILES string of the molecule is C=C(C)C(=O)OCCCCOc1ccc(C(=O)Oc2ccc(OC(=O)C3CCC(C(=O)Oc4ccc(OC(=O)c5ccc(OCCCCOC(=O)C(C)C)cc5)c(C(=O)OCC5CCC6OC6C5)c4)C3)cc2C(=O)OCC2CC3CC(C2)O3)cc1. The topological polar surface area (TPSA) is 251 Å². The summed E-state index contributed by atoms with van der Waals surface area (Å²) in [5.74, 6) is -5.88. The molecular weight excluding hydrogens is 1100 g/mol. The van der Waals surface area contributed by atoms with Gasteiger partial charge in [0.15, 0.2) is 0 Å². The van der Waals surface area contributed by atoms with Crippen molar-refractivity contribution >= 4 is 47.8 Å². The van der Waals surface area contributed by atoms with E-state index >= 15 is 0 Å². The highest BCUT2D eigenvalue weighted by Crippen LogP contribution is 2.41. The predicted octanol–water partition coefficient (Wildman–Crippen LogP) is 10.1. The van der Waals surface area contributed by atoms with Gasteiger partial charge in [-0.1, -0.05) is 20.4 Å². The van der Waals surface area contributed by atoms with Gasteiger partial charge < -0.3 is 56.8 Å². The fraction of sp³-hybridized carbons (Fsp3) is 0.477. The van der Waals surface area contributed by atoms with Crippen LogP contribution >= 0.6 is 0 Å². The van der Waals surface area contributed by atoms with Gasteiger partial charge in [-0.3, -0.25) is 14.4 Å². The van der Waals surface area contributed by atoms with Crippen LogP contribution in [0, 0.1) is 29.6 Å². The zero-order chi connectivity index (χ0) is 60.0. The molecule has 4 aromatic rings. The van der Waals surface area contributed by atoms with E-state index in [1.807, 2.05) is 0 Å². The summed E-state index contributed by atoms with van der Waals surface area (Å²) >= 11 is 0. The maximum atomic E-state index is 13.8. The second-order valence-corrected chi connectivity index (χ2v) is 22.6. The van der Waals surface area contributed by atoms with E-state index in [0.29, 0.717) is 62.6 Å². The Bertz CT molecular complexity index is 3060. The summed E-state index contributed by atoms with van der Waals surface area (Å²) in [6.07, 6.45) is 8.73. The number of carbonyl (C=O) groups excluding carboxylic acids is 8. The van der Waals surface area contributed by atoms with Crippen molar-refractivity contribution < 1.29 is 95.2 Å². The number of unbranched alkanes of at least 4 members (excludes halogenated alkanes) is 2. The summed E-state index contributed by atoms with van der Waals surface area (Å²) in [6.45, 7) is 10.2. The van der Waals surface area contributed by atoms with Crippen molar-refractivity contribution in [2.24, 2.45) is 29.6 Å². The molecule has 3 aliphatic heterocycles. The molecule has 7 atom stereocenters. The van der Waals surface area contributed by atoms with Crippen LogP contribution in [0.2, 0.25) is 0 Å². The fourth-order valence-electron chi connectivity index (χ4n) is 10.6. The zero-order valence-corrected chi connectivity index (χ0v) is 48.1. The van der Waals surface area contributed by atoms with Gasteiger partial charge in [-0.15, -0.1) is 0 Å². The van der Waals surface area contributed by atoms with Crippen molar-refractivity contribution in [3.8, 4) is 34.5 Å². The average molecular weight is 1170 g/mol. The number of benzene rings is 4. The lowest BCUT2D eigenvalue weighted by Crippen LogP contribution is -2.46. The summed E-state index contributed by atoms with van der Waals surface area (Å²) in [7, 11) is 0. The highest BCUT2D eigenvalue weighted by molar-refractivity contribution is 5.98. The monoisotopic (exact) mass is 1170 g/mol. The van der Waals surface area contributed by atoms with E-state index in [1.165, 1.54) is 60.7 Å². The molecule has 452 valence electrons. The third kappa shape index (κ3) is 17.5. The van der Waals surface area contributed by atoms with E-state index in [1.54, 1.807) is 45.0 Å². The van der Waals surface area contributed by atoms with Crippen LogP contribution < -0.4 is 28.4 Å². The molecule has 20 heteroatoms. The second kappa shape index (κ2) is 29.1. The van der Waals surface area contributed by atoms with Crippen LogP contribution in [-0.2, 0) is 47.6 Å². The van der Waals surface area contributed by atoms with Gasteiger partial charge in [0.05, 0.1) is 92.9 Å². The van der Waals surface area contributed by atoms with Gasteiger partial charge in [-0.25, -0.2) is 24.0 Å². The molecule has 0 aromatic heterocycles. The summed E-state index contributed by atoms with van der Waals surface area (Å²) in [4.78, 5) is 105. The minimum atomic E-state index is -0.787. The molecule has 0 N–H and O–H groups in total. The highest BCUT2D eigenvalue weighted by Gasteiger charge is 2.44. The molecule has 3 aliphatic carbocycles. The van der Waals surface area contributed by atoms with Crippen molar-refractivity contribution in [3.05, 3.63) is 119 Å². The van der Waals surface area contributed by atoms with Crippen LogP contribution in [0.25, 0.3) is 0 Å². The second-order valence-electron chi connectivity index (χ2n) is 22.6. The molecule has 20 nitrogen and oxygen atoms in total. The Hall–Kier alpha value is -8.10. The maximum Gasteiger partial charge on any atom is 0.343 e. The Morgan fingerprint density at radius 1 is 0.482 bits per heavy atom. The van der Waals surface area contributed by atoms with E-state index in [-0.39, 0.29) is 132 Å². The van der Waals surface area contributed by atoms with Crippen molar-refractivity contribution in [2.45, 2.75) is 129 Å². The van der Waals surface area contributed by atoms with Crippen molar-refractivity contribution in [1.29, 1.82) is 0 Å². The van der Waals surface area contributed by atoms with Crippen LogP contribution in [0.3, 0.4) is 0 Å². The van der Waals surface area contributed by atoms with Crippen molar-refractivity contribution in [2.75, 3.05) is 39.6 Å². The largest absolute Gasteiger partial charge is 0.494 e. The Labute approximate surface area is 493 Å². The smallest absolute Gasteiger partial charge is 0.343 e. The van der Waals surface area contributed by atoms with Gasteiger partial charge in [0.1, 0.15) is 45.6 Å². The van der Waals surface area contributed by atoms with Crippen LogP contribution in [0.4, 0.5) is 0 Å². The number of hydrogen-bond acceptors (Lipinski definition) is 20. The highest BCUT2D eigenvalue weighted by atomic mass is 16.6. The van der Waals surface area contributed by atoms with Crippen LogP contribution in [0.5, 0.6) is 34.5 Å². The number of epoxide rings is 1. The van der Waals surface area contributed by atoms with Gasteiger partial charge in [0.25, 0.3) is 0 Å². The lowest BCUT2D eigenvalue weighted by Gasteiger charge is -2.45. The van der Waals surface area contributed by atoms with Gasteiger partial charge in [0.2, 0.25) is 0 Å². The van der Waals surface area contributed by atoms with E-state index in [9.17, 15) is 38.4 Å². The van der Waals surface area contributed by atoms with Crippen LogP contribution in [-0.4, -0.2) is 112 Å². The summed E-state index contributed by atoms with van der Waals surface area (Å²) < 4.78 is 67.9. The lowest BCUT2D eigenvalue weighted by molar-refractivity contribution is -0.177. The van der Waals surface area contributed by atoms with Crippen LogP contribution in [0.1, 0.15) is 146 Å². The molecule has 0 amide bonds. The molecule has 6 aliphatic rings. The van der Waals surface area contributed by atoms with Crippen LogP contribution in [0.15, 0.2) is 97.1 Å². The lowest BCUT2D eigenvalue weighted by atomic mass is 9.81. The molecule has 2 bridgehead atoms. The molecular formula is C65H72O20. The van der Waals surface area contributed by atoms with E-state index in [2.05, 4.69) is 6.58 Å². The van der Waals surface area contributed by atoms with E-state index in [0.717, 1.165) is 38.5 Å². The number of hydrogen-bond donors (Lipinski definition) is 0. The molecule has 7 unspecified atom stereocenters. The predicted molar refractivity (Wildman–Crippen MR) is 301 cm³/mol. The first-order valence-corrected chi connectivity index (χ1v) is 29.3. The first kappa shape index (κ1) is 61.5. The van der Waals surface area contributed by atoms with Gasteiger partial charge in [-0.05, 0) is 187 Å². The number of ether oxygens (including phenoxy) is 12. The van der Waals surface area contributed by atoms with Gasteiger partial charge in [-0.2, -0.15) is 0 Å². The van der Waals surface area contributed by atoms with E-state index in [4.69, 9.17) is 56.8 Å². The minimum Gasteiger partial charge on any atom is -0.494 e.